The van der Waals surface area contributed by atoms with Crippen LogP contribution in [-0.2, 0) is 47.1 Å². The molecule has 0 aliphatic carbocycles. The fraction of sp³-hybridized carbons (Fsp3) is 0.0667. The zero-order valence-electron chi connectivity index (χ0n) is 54.2. The number of hydrogen-bond acceptors (Lipinski definition) is 8. The second kappa shape index (κ2) is 26.8. The molecule has 0 spiro atoms. The molecule has 0 saturated carbocycles. The van der Waals surface area contributed by atoms with Crippen LogP contribution in [0.25, 0.3) is 22.3 Å². The molecule has 99 heavy (non-hydrogen) atoms. The molecule has 0 bridgehead atoms. The molecule has 0 fully saturated rings. The van der Waals surface area contributed by atoms with Crippen LogP contribution in [0.15, 0.2) is 362 Å². The van der Waals surface area contributed by atoms with Crippen molar-refractivity contribution in [2.75, 3.05) is 10.6 Å². The molecule has 2 heterocycles. The summed E-state index contributed by atoms with van der Waals surface area (Å²) < 4.78 is 55.4. The Bertz CT molecular complexity index is 4770. The maximum atomic E-state index is 15.0. The van der Waals surface area contributed by atoms with E-state index < -0.39 is 20.7 Å². The van der Waals surface area contributed by atoms with Gasteiger partial charge in [0, 0.05) is 22.5 Å². The van der Waals surface area contributed by atoms with Gasteiger partial charge in [-0.05, 0) is 163 Å². The second-order valence-corrected chi connectivity index (χ2v) is 27.0. The van der Waals surface area contributed by atoms with Crippen molar-refractivity contribution in [1.82, 2.24) is 0 Å². The summed E-state index contributed by atoms with van der Waals surface area (Å²) in [6.07, 6.45) is 0. The zero-order chi connectivity index (χ0) is 66.6. The summed E-state index contributed by atoms with van der Waals surface area (Å²) in [5.41, 5.74) is 18.4. The molecule has 14 aromatic carbocycles. The third-order valence-electron chi connectivity index (χ3n) is 19.2. The third kappa shape index (κ3) is 11.8. The van der Waals surface area contributed by atoms with Crippen molar-refractivity contribution in [2.45, 2.75) is 47.0 Å². The topological polar surface area (TPSA) is 95.1 Å². The highest BCUT2D eigenvalue weighted by Crippen LogP contribution is 2.58. The molecule has 0 aromatic heterocycles. The van der Waals surface area contributed by atoms with Gasteiger partial charge in [-0.3, -0.25) is 0 Å². The quantitative estimate of drug-likeness (QED) is 0.0779. The molecule has 0 amide bonds. The van der Waals surface area contributed by atoms with Crippen molar-refractivity contribution < 1.29 is 27.4 Å². The van der Waals surface area contributed by atoms with Gasteiger partial charge in [-0.1, -0.05) is 267 Å². The van der Waals surface area contributed by atoms with Gasteiger partial charge >= 0.3 is 0 Å². The predicted octanol–water partition coefficient (Wildman–Crippen LogP) is 21.0. The van der Waals surface area contributed by atoms with Crippen LogP contribution in [0.1, 0.15) is 66.8 Å². The van der Waals surface area contributed by atoms with Crippen LogP contribution in [0.3, 0.4) is 0 Å². The van der Waals surface area contributed by atoms with E-state index in [1.807, 2.05) is 97.1 Å². The lowest BCUT2D eigenvalue weighted by molar-refractivity contribution is 0.306. The number of rotatable bonds is 20. The van der Waals surface area contributed by atoms with Gasteiger partial charge in [0.05, 0.1) is 32.0 Å². The molecule has 2 N–H and O–H groups in total. The minimum atomic E-state index is -4.00. The Morgan fingerprint density at radius 2 is 0.515 bits per heavy atom. The van der Waals surface area contributed by atoms with Crippen LogP contribution >= 0.6 is 0 Å². The number of fused-ring (bicyclic) bond motifs is 4. The second-order valence-electron chi connectivity index (χ2n) is 25.0. The first-order valence-corrected chi connectivity index (χ1v) is 34.8. The fourth-order valence-corrected chi connectivity index (χ4v) is 15.6. The van der Waals surface area contributed by atoms with Crippen LogP contribution in [0.5, 0.6) is 23.0 Å². The molecule has 14 aromatic rings. The highest BCUT2D eigenvalue weighted by atomic mass is 32.2. The van der Waals surface area contributed by atoms with E-state index >= 15 is 0 Å². The number of ether oxygens (including phenoxy) is 4. The van der Waals surface area contributed by atoms with Crippen LogP contribution in [0.4, 0.5) is 22.7 Å². The summed E-state index contributed by atoms with van der Waals surface area (Å²) in [6, 6.07) is 119. The first-order valence-electron chi connectivity index (χ1n) is 33.3. The van der Waals surface area contributed by atoms with E-state index in [2.05, 4.69) is 241 Å². The van der Waals surface area contributed by atoms with Crippen LogP contribution < -0.4 is 29.6 Å². The molecule has 480 valence electrons. The molecule has 0 saturated heterocycles. The number of nitrogens with one attached hydrogen (secondary N) is 2. The lowest BCUT2D eigenvalue weighted by atomic mass is 9.62. The van der Waals surface area contributed by atoms with E-state index in [0.29, 0.717) is 26.4 Å². The van der Waals surface area contributed by atoms with Gasteiger partial charge in [-0.25, -0.2) is 8.42 Å². The minimum absolute atomic E-state index is 0.189. The van der Waals surface area contributed by atoms with E-state index in [0.717, 1.165) is 135 Å². The summed E-state index contributed by atoms with van der Waals surface area (Å²) in [5, 5.41) is 7.75. The lowest BCUT2D eigenvalue weighted by Crippen LogP contribution is -2.35. The molecular weight excluding hydrogens is 1240 g/mol. The normalized spacial score (nSPS) is 13.0. The maximum Gasteiger partial charge on any atom is 0.206 e. The van der Waals surface area contributed by atoms with E-state index in [1.165, 1.54) is 0 Å². The lowest BCUT2D eigenvalue weighted by Gasteiger charge is -2.43. The van der Waals surface area contributed by atoms with Crippen LogP contribution in [0.2, 0.25) is 0 Å². The molecule has 16 rings (SSSR count). The van der Waals surface area contributed by atoms with Gasteiger partial charge in [-0.15, -0.1) is 0 Å². The van der Waals surface area contributed by atoms with Crippen molar-refractivity contribution >= 4 is 32.6 Å². The van der Waals surface area contributed by atoms with E-state index in [4.69, 9.17) is 18.9 Å². The maximum absolute atomic E-state index is 15.0. The highest BCUT2D eigenvalue weighted by Gasteiger charge is 2.47. The third-order valence-corrected chi connectivity index (χ3v) is 21.0. The van der Waals surface area contributed by atoms with Crippen molar-refractivity contribution in [3.63, 3.8) is 0 Å². The van der Waals surface area contributed by atoms with E-state index in [9.17, 15) is 8.42 Å². The van der Waals surface area contributed by atoms with Gasteiger partial charge in [0.2, 0.25) is 9.84 Å². The predicted molar refractivity (Wildman–Crippen MR) is 395 cm³/mol. The average molecular weight is 1310 g/mol. The van der Waals surface area contributed by atoms with Crippen molar-refractivity contribution in [2.24, 2.45) is 0 Å². The number of anilines is 4. The number of benzene rings is 14. The largest absolute Gasteiger partial charge is 0.489 e. The molecule has 0 atom stereocenters. The van der Waals surface area contributed by atoms with Crippen molar-refractivity contribution in [3.8, 4) is 45.3 Å². The SMILES string of the molecule is O=S(=O)(c1ccc(-c2cccc3c2Nc2ccccc2C3(c2ccc(OCc3ccccc3)cc2)c2ccc(OCc3ccccc3)cc2)cc1)c1ccc(-c2cccc3c2Nc2ccccc2C3(c2ccc(OCc3ccccc3)cc2)c2ccc(OCc3ccccc3)cc2)cc1. The Labute approximate surface area is 578 Å². The number of para-hydroxylation sites is 4. The molecule has 0 radical (unpaired) electrons. The van der Waals surface area contributed by atoms with Gasteiger partial charge < -0.3 is 29.6 Å². The Balaban J connectivity index is 0.727. The first-order chi connectivity index (χ1) is 48.8. The highest BCUT2D eigenvalue weighted by molar-refractivity contribution is 7.91. The number of hydrogen-bond donors (Lipinski definition) is 2. The standard InChI is InChI=1S/C90H68N2O6S/c93-99(94,77-55-35-67(36-56-77)79-27-17-31-83-87(79)91-85-33-15-13-29-81(85)89(83,69-39-47-73(48-40-69)95-59-63-19-5-1-6-20-63)70-41-49-74(50-42-70)96-60-64-21-7-2-8-22-64)78-57-37-68(38-58-78)80-28-18-32-84-88(80)92-86-34-16-14-30-82(86)90(84,71-43-51-75(52-44-71)97-61-65-23-9-3-10-24-65)72-45-53-76(54-46-72)98-62-66-25-11-4-12-26-66/h1-58,91-92H,59-62H2. The van der Waals surface area contributed by atoms with E-state index in [-0.39, 0.29) is 9.79 Å². The molecule has 2 aliphatic rings. The van der Waals surface area contributed by atoms with Crippen LogP contribution in [-0.4, -0.2) is 8.42 Å². The Kier molecular flexibility index (Phi) is 16.7. The van der Waals surface area contributed by atoms with Gasteiger partial charge in [0.1, 0.15) is 49.4 Å². The van der Waals surface area contributed by atoms with E-state index in [1.54, 1.807) is 24.3 Å². The molecule has 8 nitrogen and oxygen atoms in total. The summed E-state index contributed by atoms with van der Waals surface area (Å²) in [5.74, 6) is 3.05. The van der Waals surface area contributed by atoms with Gasteiger partial charge in [0.15, 0.2) is 0 Å². The summed E-state index contributed by atoms with van der Waals surface area (Å²) >= 11 is 0. The van der Waals surface area contributed by atoms with Gasteiger partial charge in [0.25, 0.3) is 0 Å². The summed E-state index contributed by atoms with van der Waals surface area (Å²) in [7, 11) is -4.00. The monoisotopic (exact) mass is 1300 g/mol. The number of sulfone groups is 1. The first kappa shape index (κ1) is 61.7. The molecular formula is C90H68N2O6S. The average Bonchev–Trinajstić information content (AvgIpc) is 0.710. The molecule has 0 unspecified atom stereocenters. The van der Waals surface area contributed by atoms with Crippen LogP contribution in [0, 0.1) is 0 Å². The Morgan fingerprint density at radius 1 is 0.253 bits per heavy atom. The minimum Gasteiger partial charge on any atom is -0.489 e. The smallest absolute Gasteiger partial charge is 0.206 e. The summed E-state index contributed by atoms with van der Waals surface area (Å²) in [6.45, 7) is 1.78. The summed E-state index contributed by atoms with van der Waals surface area (Å²) in [4.78, 5) is 0.377. The van der Waals surface area contributed by atoms with Crippen molar-refractivity contribution in [3.05, 3.63) is 419 Å². The zero-order valence-corrected chi connectivity index (χ0v) is 55.0. The molecule has 2 aliphatic heterocycles. The Morgan fingerprint density at radius 3 is 0.808 bits per heavy atom. The van der Waals surface area contributed by atoms with Gasteiger partial charge in [-0.2, -0.15) is 0 Å². The van der Waals surface area contributed by atoms with Crippen molar-refractivity contribution in [1.29, 1.82) is 0 Å². The Hall–Kier alpha value is -12.2. The molecule has 9 heteroatoms. The fourth-order valence-electron chi connectivity index (χ4n) is 14.4.